The molecule has 0 aromatic heterocycles. The Morgan fingerprint density at radius 3 is 2.37 bits per heavy atom. The summed E-state index contributed by atoms with van der Waals surface area (Å²) in [7, 11) is 2.50. The monoisotopic (exact) mass is 524 g/mol. The molecular formula is C27H28N2O9. The number of rotatable bonds is 10. The van der Waals surface area contributed by atoms with Crippen molar-refractivity contribution in [3.05, 3.63) is 81.0 Å². The van der Waals surface area contributed by atoms with Gasteiger partial charge in [-0.1, -0.05) is 24.3 Å². The molecule has 11 nitrogen and oxygen atoms in total. The second-order valence-corrected chi connectivity index (χ2v) is 8.48. The number of methoxy groups -OCH3 is 2. The smallest absolute Gasteiger partial charge is 0.343 e. The summed E-state index contributed by atoms with van der Waals surface area (Å²) in [5.41, 5.74) is 2.01. The summed E-state index contributed by atoms with van der Waals surface area (Å²) < 4.78 is 20.4. The lowest BCUT2D eigenvalue weighted by Gasteiger charge is -2.31. The lowest BCUT2D eigenvalue weighted by atomic mass is 9.75. The summed E-state index contributed by atoms with van der Waals surface area (Å²) in [5, 5.41) is 11.4. The molecule has 2 atom stereocenters. The van der Waals surface area contributed by atoms with Crippen LogP contribution in [-0.2, 0) is 35.0 Å². The standard InChI is InChI=1S/C27H28N2O9/c1-16-23(26(31)36-4)25(19-6-5-7-20(14-19)29(33)34)24(17(2)28-16)27(32)37-13-12-18-8-10-21(11-9-18)38-15-22(30)35-3/h5-11,14,23,25H,12-13,15H2,1-4H3. The predicted octanol–water partition coefficient (Wildman–Crippen LogP) is 3.55. The summed E-state index contributed by atoms with van der Waals surface area (Å²) in [4.78, 5) is 52.5. The van der Waals surface area contributed by atoms with Crippen LogP contribution < -0.4 is 4.74 Å². The number of hydrogen-bond donors (Lipinski definition) is 0. The first-order valence-electron chi connectivity index (χ1n) is 11.7. The van der Waals surface area contributed by atoms with Gasteiger partial charge in [0.1, 0.15) is 11.7 Å². The summed E-state index contributed by atoms with van der Waals surface area (Å²) in [6.07, 6.45) is 0.388. The van der Waals surface area contributed by atoms with E-state index in [0.717, 1.165) is 5.56 Å². The molecule has 1 heterocycles. The van der Waals surface area contributed by atoms with Gasteiger partial charge in [-0.05, 0) is 37.1 Å². The molecule has 0 bridgehead atoms. The van der Waals surface area contributed by atoms with Crippen LogP contribution in [-0.4, -0.2) is 56.0 Å². The number of nitro benzene ring substituents is 1. The molecule has 0 saturated carbocycles. The van der Waals surface area contributed by atoms with Gasteiger partial charge in [-0.15, -0.1) is 0 Å². The molecule has 0 fully saturated rings. The summed E-state index contributed by atoms with van der Waals surface area (Å²) >= 11 is 0. The van der Waals surface area contributed by atoms with E-state index in [1.807, 2.05) is 0 Å². The number of benzene rings is 2. The largest absolute Gasteiger partial charge is 0.482 e. The molecule has 0 radical (unpaired) electrons. The van der Waals surface area contributed by atoms with Crippen molar-refractivity contribution in [2.75, 3.05) is 27.4 Å². The first-order valence-corrected chi connectivity index (χ1v) is 11.7. The van der Waals surface area contributed by atoms with Gasteiger partial charge in [0.2, 0.25) is 0 Å². The Hall–Kier alpha value is -4.54. The minimum atomic E-state index is -0.953. The number of nitro groups is 1. The fraction of sp³-hybridized carbons (Fsp3) is 0.333. The van der Waals surface area contributed by atoms with E-state index < -0.39 is 34.7 Å². The van der Waals surface area contributed by atoms with E-state index in [0.29, 0.717) is 29.1 Å². The SMILES string of the molecule is COC(=O)COc1ccc(CCOC(=O)C2=C(C)N=C(C)C(C(=O)OC)C2c2cccc([N+](=O)[O-])c2)cc1. The number of nitrogens with zero attached hydrogens (tertiary/aromatic N) is 2. The molecule has 200 valence electrons. The van der Waals surface area contributed by atoms with Crippen LogP contribution in [0.2, 0.25) is 0 Å². The number of esters is 3. The Morgan fingerprint density at radius 1 is 1.03 bits per heavy atom. The molecule has 2 unspecified atom stereocenters. The van der Waals surface area contributed by atoms with Gasteiger partial charge < -0.3 is 18.9 Å². The van der Waals surface area contributed by atoms with Gasteiger partial charge in [-0.2, -0.15) is 0 Å². The zero-order valence-corrected chi connectivity index (χ0v) is 21.5. The van der Waals surface area contributed by atoms with Gasteiger partial charge in [0.05, 0.1) is 31.3 Å². The second kappa shape index (κ2) is 12.6. The molecule has 0 N–H and O–H groups in total. The van der Waals surface area contributed by atoms with Crippen molar-refractivity contribution in [2.24, 2.45) is 10.9 Å². The van der Waals surface area contributed by atoms with Crippen molar-refractivity contribution in [2.45, 2.75) is 26.2 Å². The molecule has 0 saturated heterocycles. The minimum Gasteiger partial charge on any atom is -0.482 e. The molecule has 0 aliphatic carbocycles. The fourth-order valence-electron chi connectivity index (χ4n) is 4.22. The van der Waals surface area contributed by atoms with Crippen molar-refractivity contribution in [3.63, 3.8) is 0 Å². The predicted molar refractivity (Wildman–Crippen MR) is 136 cm³/mol. The molecule has 1 aliphatic heterocycles. The Labute approximate surface area is 219 Å². The van der Waals surface area contributed by atoms with Crippen LogP contribution >= 0.6 is 0 Å². The van der Waals surface area contributed by atoms with Gasteiger partial charge in [-0.25, -0.2) is 9.59 Å². The van der Waals surface area contributed by atoms with Gasteiger partial charge in [0.25, 0.3) is 5.69 Å². The maximum absolute atomic E-state index is 13.3. The van der Waals surface area contributed by atoms with E-state index in [1.54, 1.807) is 44.2 Å². The number of carbonyl (C=O) groups excluding carboxylic acids is 3. The van der Waals surface area contributed by atoms with Crippen LogP contribution in [0.25, 0.3) is 0 Å². The highest BCUT2D eigenvalue weighted by Gasteiger charge is 2.42. The third-order valence-electron chi connectivity index (χ3n) is 6.08. The number of allylic oxidation sites excluding steroid dienone is 1. The molecule has 2 aromatic rings. The third kappa shape index (κ3) is 6.61. The van der Waals surface area contributed by atoms with E-state index in [4.69, 9.17) is 14.2 Å². The van der Waals surface area contributed by atoms with Gasteiger partial charge in [0.15, 0.2) is 6.61 Å². The number of ether oxygens (including phenoxy) is 4. The lowest BCUT2D eigenvalue weighted by molar-refractivity contribution is -0.384. The second-order valence-electron chi connectivity index (χ2n) is 8.48. The highest BCUT2D eigenvalue weighted by Crippen LogP contribution is 2.40. The molecule has 11 heteroatoms. The van der Waals surface area contributed by atoms with E-state index in [-0.39, 0.29) is 24.5 Å². The van der Waals surface area contributed by atoms with Gasteiger partial charge in [-0.3, -0.25) is 19.9 Å². The number of aliphatic imine (C=N–C) groups is 1. The first kappa shape index (κ1) is 28.0. The molecule has 2 aromatic carbocycles. The van der Waals surface area contributed by atoms with Crippen LogP contribution in [0.1, 0.15) is 30.9 Å². The summed E-state index contributed by atoms with van der Waals surface area (Å²) in [6, 6.07) is 12.7. The molecular weight excluding hydrogens is 496 g/mol. The number of non-ortho nitro benzene ring substituents is 1. The quantitative estimate of drug-likeness (QED) is 0.197. The topological polar surface area (TPSA) is 144 Å². The molecule has 1 aliphatic rings. The average molecular weight is 525 g/mol. The Kier molecular flexibility index (Phi) is 9.31. The van der Waals surface area contributed by atoms with Crippen molar-refractivity contribution < 1.29 is 38.3 Å². The molecule has 0 amide bonds. The average Bonchev–Trinajstić information content (AvgIpc) is 2.91. The fourth-order valence-corrected chi connectivity index (χ4v) is 4.22. The highest BCUT2D eigenvalue weighted by molar-refractivity contribution is 6.07. The van der Waals surface area contributed by atoms with Crippen LogP contribution in [0, 0.1) is 16.0 Å². The Balaban J connectivity index is 1.79. The zero-order valence-electron chi connectivity index (χ0n) is 21.5. The lowest BCUT2D eigenvalue weighted by Crippen LogP contribution is -2.36. The van der Waals surface area contributed by atoms with Gasteiger partial charge in [0, 0.05) is 35.9 Å². The summed E-state index contributed by atoms with van der Waals surface area (Å²) in [5.74, 6) is -3.13. The van der Waals surface area contributed by atoms with Crippen molar-refractivity contribution in [3.8, 4) is 5.75 Å². The first-order chi connectivity index (χ1) is 18.2. The van der Waals surface area contributed by atoms with E-state index in [1.165, 1.54) is 32.4 Å². The van der Waals surface area contributed by atoms with Crippen molar-refractivity contribution in [1.82, 2.24) is 0 Å². The highest BCUT2D eigenvalue weighted by atomic mass is 16.6. The normalized spacial score (nSPS) is 16.8. The van der Waals surface area contributed by atoms with Crippen molar-refractivity contribution >= 4 is 29.3 Å². The third-order valence-corrected chi connectivity index (χ3v) is 6.08. The van der Waals surface area contributed by atoms with Crippen LogP contribution in [0.5, 0.6) is 5.75 Å². The maximum atomic E-state index is 13.3. The van der Waals surface area contributed by atoms with Crippen LogP contribution in [0.15, 0.2) is 64.8 Å². The maximum Gasteiger partial charge on any atom is 0.343 e. The molecule has 3 rings (SSSR count). The van der Waals surface area contributed by atoms with E-state index >= 15 is 0 Å². The van der Waals surface area contributed by atoms with E-state index in [2.05, 4.69) is 9.73 Å². The minimum absolute atomic E-state index is 0.0330. The van der Waals surface area contributed by atoms with Gasteiger partial charge >= 0.3 is 17.9 Å². The summed E-state index contributed by atoms with van der Waals surface area (Å²) in [6.45, 7) is 3.11. The number of hydrogen-bond acceptors (Lipinski definition) is 10. The van der Waals surface area contributed by atoms with Crippen LogP contribution in [0.3, 0.4) is 0 Å². The van der Waals surface area contributed by atoms with Crippen molar-refractivity contribution in [1.29, 1.82) is 0 Å². The molecule has 38 heavy (non-hydrogen) atoms. The van der Waals surface area contributed by atoms with Crippen LogP contribution in [0.4, 0.5) is 5.69 Å². The number of carbonyl (C=O) groups is 3. The molecule has 0 spiro atoms. The Bertz CT molecular complexity index is 1280. The zero-order chi connectivity index (χ0) is 27.8. The Morgan fingerprint density at radius 2 is 1.74 bits per heavy atom. The van der Waals surface area contributed by atoms with E-state index in [9.17, 15) is 24.5 Å².